The van der Waals surface area contributed by atoms with Gasteiger partial charge in [-0.2, -0.15) is 9.97 Å². The van der Waals surface area contributed by atoms with Crippen LogP contribution >= 0.6 is 0 Å². The highest BCUT2D eigenvalue weighted by molar-refractivity contribution is 6.10. The summed E-state index contributed by atoms with van der Waals surface area (Å²) < 4.78 is 11.6. The Bertz CT molecular complexity index is 1870. The molecular weight excluding hydrogens is 508 g/mol. The van der Waals surface area contributed by atoms with E-state index in [0.29, 0.717) is 11.4 Å². The maximum atomic E-state index is 5.91. The molecule has 4 heterocycles. The Morgan fingerprint density at radius 2 is 1.17 bits per heavy atom. The van der Waals surface area contributed by atoms with E-state index in [1.54, 1.807) is 0 Å². The van der Waals surface area contributed by atoms with Crippen molar-refractivity contribution in [2.75, 3.05) is 0 Å². The van der Waals surface area contributed by atoms with Gasteiger partial charge in [0.1, 0.15) is 22.8 Å². The summed E-state index contributed by atoms with van der Waals surface area (Å²) >= 11 is 0. The second-order valence-corrected chi connectivity index (χ2v) is 9.84. The zero-order chi connectivity index (χ0) is 28.6. The van der Waals surface area contributed by atoms with Gasteiger partial charge in [-0.1, -0.05) is 107 Å². The lowest BCUT2D eigenvalue weighted by Crippen LogP contribution is -1.95. The average molecular weight is 545 g/mol. The fourth-order valence-corrected chi connectivity index (χ4v) is 4.52. The Labute approximate surface area is 240 Å². The molecule has 0 N–H and O–H groups in total. The van der Waals surface area contributed by atoms with Gasteiger partial charge in [-0.3, -0.25) is 0 Å². The number of hydrogen-bond donors (Lipinski definition) is 0. The lowest BCUT2D eigenvalue weighted by molar-refractivity contribution is 0.647. The molecule has 0 spiro atoms. The van der Waals surface area contributed by atoms with Crippen LogP contribution in [0, 0.1) is 0 Å². The van der Waals surface area contributed by atoms with Crippen LogP contribution in [0.1, 0.15) is 58.6 Å². The molecule has 0 bridgehead atoms. The first kappa shape index (κ1) is 28.0. The maximum Gasteiger partial charge on any atom is 0.231 e. The third-order valence-electron chi connectivity index (χ3n) is 6.81. The number of aryl methyl sites for hydroxylation is 2. The molecule has 0 aliphatic carbocycles. The Morgan fingerprint density at radius 1 is 0.561 bits per heavy atom. The van der Waals surface area contributed by atoms with Gasteiger partial charge in [-0.05, 0) is 18.6 Å². The number of benzene rings is 3. The summed E-state index contributed by atoms with van der Waals surface area (Å²) in [5, 5.41) is 4.14. The first-order chi connectivity index (χ1) is 20.2. The standard InChI is InChI=1S/C18H14N2O.C13H12N2O.C4H10/c1-2-15-19-17(12-8-4-3-5-9-12)16-13-10-6-7-11-14(13)21-18(16)20-15;1-2-5-12-14-8-10-9-6-3-4-7-11(9)16-13(10)15-12;1-3-4-2/h3-11H,2H2,1H3;3-4,6-8H,2,5H2,1H3;3-4H2,1-2H3. The van der Waals surface area contributed by atoms with Crippen molar-refractivity contribution in [1.82, 2.24) is 19.9 Å². The summed E-state index contributed by atoms with van der Waals surface area (Å²) in [6.45, 7) is 8.53. The summed E-state index contributed by atoms with van der Waals surface area (Å²) in [4.78, 5) is 18.1. The third kappa shape index (κ3) is 6.12. The molecule has 41 heavy (non-hydrogen) atoms. The van der Waals surface area contributed by atoms with Gasteiger partial charge >= 0.3 is 0 Å². The van der Waals surface area contributed by atoms with Crippen molar-refractivity contribution < 1.29 is 8.83 Å². The molecule has 0 radical (unpaired) electrons. The van der Waals surface area contributed by atoms with Crippen molar-refractivity contribution in [3.05, 3.63) is 96.7 Å². The van der Waals surface area contributed by atoms with Crippen LogP contribution in [0.15, 0.2) is 93.9 Å². The zero-order valence-corrected chi connectivity index (χ0v) is 24.2. The van der Waals surface area contributed by atoms with E-state index in [0.717, 1.165) is 74.9 Å². The second kappa shape index (κ2) is 13.2. The van der Waals surface area contributed by atoms with Crippen LogP contribution in [0.5, 0.6) is 0 Å². The van der Waals surface area contributed by atoms with Crippen molar-refractivity contribution in [3.63, 3.8) is 0 Å². The van der Waals surface area contributed by atoms with Gasteiger partial charge in [-0.15, -0.1) is 0 Å². The molecule has 0 aliphatic rings. The van der Waals surface area contributed by atoms with E-state index in [1.807, 2.05) is 66.9 Å². The highest BCUT2D eigenvalue weighted by Gasteiger charge is 2.16. The number of nitrogens with zero attached hydrogens (tertiary/aromatic N) is 4. The molecule has 0 saturated heterocycles. The van der Waals surface area contributed by atoms with Gasteiger partial charge in [0.2, 0.25) is 11.4 Å². The van der Waals surface area contributed by atoms with Gasteiger partial charge in [0, 0.05) is 35.4 Å². The molecule has 6 nitrogen and oxygen atoms in total. The summed E-state index contributed by atoms with van der Waals surface area (Å²) in [5.41, 5.74) is 5.13. The number of fused-ring (bicyclic) bond motifs is 6. The number of para-hydroxylation sites is 2. The summed E-state index contributed by atoms with van der Waals surface area (Å²) in [7, 11) is 0. The highest BCUT2D eigenvalue weighted by Crippen LogP contribution is 2.34. The highest BCUT2D eigenvalue weighted by atomic mass is 16.3. The SMILES string of the molecule is CCCC.CCCc1ncc2c(n1)oc1ccccc12.CCc1nc(-c2ccccc2)c2c(n1)oc1ccccc12. The number of aromatic nitrogens is 4. The van der Waals surface area contributed by atoms with E-state index < -0.39 is 0 Å². The van der Waals surface area contributed by atoms with Gasteiger partial charge in [-0.25, -0.2) is 9.97 Å². The average Bonchev–Trinajstić information content (AvgIpc) is 3.59. The first-order valence-electron chi connectivity index (χ1n) is 14.5. The van der Waals surface area contributed by atoms with Crippen molar-refractivity contribution in [1.29, 1.82) is 0 Å². The molecule has 208 valence electrons. The van der Waals surface area contributed by atoms with E-state index in [2.05, 4.69) is 60.8 Å². The van der Waals surface area contributed by atoms with E-state index in [1.165, 1.54) is 12.8 Å². The van der Waals surface area contributed by atoms with Crippen molar-refractivity contribution >= 4 is 44.1 Å². The summed E-state index contributed by atoms with van der Waals surface area (Å²) in [5.74, 6) is 1.66. The molecule has 6 heteroatoms. The van der Waals surface area contributed by atoms with Gasteiger partial charge in [0.15, 0.2) is 0 Å². The largest absolute Gasteiger partial charge is 0.438 e. The lowest BCUT2D eigenvalue weighted by Gasteiger charge is -2.04. The van der Waals surface area contributed by atoms with Crippen molar-refractivity contribution in [2.45, 2.75) is 59.8 Å². The molecule has 0 fully saturated rings. The van der Waals surface area contributed by atoms with Crippen LogP contribution in [0.25, 0.3) is 55.4 Å². The zero-order valence-electron chi connectivity index (χ0n) is 24.2. The Hall–Kier alpha value is -4.58. The van der Waals surface area contributed by atoms with Crippen LogP contribution < -0.4 is 0 Å². The molecule has 0 atom stereocenters. The Morgan fingerprint density at radius 3 is 1.85 bits per heavy atom. The van der Waals surface area contributed by atoms with E-state index in [4.69, 9.17) is 13.8 Å². The molecule has 7 rings (SSSR count). The minimum Gasteiger partial charge on any atom is -0.438 e. The molecule has 0 unspecified atom stereocenters. The van der Waals surface area contributed by atoms with Crippen molar-refractivity contribution in [2.24, 2.45) is 0 Å². The number of unbranched alkanes of at least 4 members (excludes halogenated alkanes) is 1. The molecule has 7 aromatic rings. The van der Waals surface area contributed by atoms with Crippen LogP contribution in [0.4, 0.5) is 0 Å². The van der Waals surface area contributed by atoms with E-state index in [-0.39, 0.29) is 0 Å². The lowest BCUT2D eigenvalue weighted by atomic mass is 10.1. The van der Waals surface area contributed by atoms with Gasteiger partial charge in [0.05, 0.1) is 16.5 Å². The minimum atomic E-state index is 0.668. The quantitative estimate of drug-likeness (QED) is 0.215. The van der Waals surface area contributed by atoms with Crippen molar-refractivity contribution in [3.8, 4) is 11.3 Å². The molecular formula is C35H36N4O2. The minimum absolute atomic E-state index is 0.668. The number of furan rings is 2. The number of hydrogen-bond acceptors (Lipinski definition) is 6. The topological polar surface area (TPSA) is 77.8 Å². The third-order valence-corrected chi connectivity index (χ3v) is 6.81. The fraction of sp³-hybridized carbons (Fsp3) is 0.257. The normalized spacial score (nSPS) is 10.9. The second-order valence-electron chi connectivity index (χ2n) is 9.84. The van der Waals surface area contributed by atoms with Crippen LogP contribution in [0.3, 0.4) is 0 Å². The van der Waals surface area contributed by atoms with E-state index >= 15 is 0 Å². The van der Waals surface area contributed by atoms with E-state index in [9.17, 15) is 0 Å². The molecule has 4 aromatic heterocycles. The first-order valence-corrected chi connectivity index (χ1v) is 14.5. The Kier molecular flexibility index (Phi) is 8.99. The van der Waals surface area contributed by atoms with Crippen LogP contribution in [0.2, 0.25) is 0 Å². The van der Waals surface area contributed by atoms with Crippen LogP contribution in [-0.2, 0) is 12.8 Å². The fourth-order valence-electron chi connectivity index (χ4n) is 4.52. The van der Waals surface area contributed by atoms with Crippen LogP contribution in [-0.4, -0.2) is 19.9 Å². The maximum absolute atomic E-state index is 5.91. The Balaban J connectivity index is 0.000000150. The summed E-state index contributed by atoms with van der Waals surface area (Å²) in [6, 6.07) is 26.2. The monoisotopic (exact) mass is 544 g/mol. The van der Waals surface area contributed by atoms with Gasteiger partial charge in [0.25, 0.3) is 0 Å². The summed E-state index contributed by atoms with van der Waals surface area (Å²) in [6.07, 6.45) is 7.23. The predicted molar refractivity (Wildman–Crippen MR) is 168 cm³/mol. The molecule has 0 aliphatic heterocycles. The number of rotatable bonds is 5. The smallest absolute Gasteiger partial charge is 0.231 e. The molecule has 0 saturated carbocycles. The molecule has 0 amide bonds. The molecule has 3 aromatic carbocycles. The predicted octanol–water partition coefficient (Wildman–Crippen LogP) is 9.74. The van der Waals surface area contributed by atoms with Gasteiger partial charge < -0.3 is 8.83 Å².